The average molecular weight is 332 g/mol. The third-order valence-electron chi connectivity index (χ3n) is 3.93. The first-order valence-electron chi connectivity index (χ1n) is 8.25. The van der Waals surface area contributed by atoms with Crippen LogP contribution in [0.1, 0.15) is 31.9 Å². The van der Waals surface area contributed by atoms with E-state index >= 15 is 0 Å². The van der Waals surface area contributed by atoms with Crippen LogP contribution in [0.15, 0.2) is 30.3 Å². The molecule has 3 N–H and O–H groups in total. The number of aromatic amines is 1. The molecule has 1 amide bonds. The number of amides is 1. The second-order valence-electron chi connectivity index (χ2n) is 6.22. The van der Waals surface area contributed by atoms with Crippen LogP contribution < -0.4 is 5.73 Å². The maximum Gasteiger partial charge on any atom is 0.222 e. The Kier molecular flexibility index (Phi) is 6.49. The molecule has 0 aliphatic rings. The number of carbonyl (C=O) groups is 1. The Morgan fingerprint density at radius 2 is 2.21 bits per heavy atom. The highest BCUT2D eigenvalue weighted by molar-refractivity contribution is 5.75. The zero-order chi connectivity index (χ0) is 17.5. The number of nitrogens with one attached hydrogen (secondary N) is 1. The van der Waals surface area contributed by atoms with E-state index in [1.54, 1.807) is 11.0 Å². The molecule has 1 atom stereocenters. The number of rotatable bonds is 8. The number of nitrogens with zero attached hydrogens (tertiary/aromatic N) is 2. The molecule has 130 valence electrons. The first-order chi connectivity index (χ1) is 11.5. The normalized spacial score (nSPS) is 12.2. The minimum absolute atomic E-state index is 0.0496. The molecule has 1 unspecified atom stereocenters. The van der Waals surface area contributed by atoms with Crippen molar-refractivity contribution in [2.75, 3.05) is 13.6 Å². The van der Waals surface area contributed by atoms with Crippen LogP contribution in [0.4, 0.5) is 4.39 Å². The molecule has 0 fully saturated rings. The topological polar surface area (TPSA) is 75.0 Å². The largest absolute Gasteiger partial charge is 0.346 e. The molecule has 1 heterocycles. The smallest absolute Gasteiger partial charge is 0.222 e. The number of H-pyrrole nitrogens is 1. The molecule has 1 aromatic heterocycles. The van der Waals surface area contributed by atoms with Crippen molar-refractivity contribution in [3.05, 3.63) is 41.8 Å². The van der Waals surface area contributed by atoms with Gasteiger partial charge in [-0.25, -0.2) is 4.39 Å². The number of nitrogens with two attached hydrogens (primary N) is 1. The lowest BCUT2D eigenvalue weighted by atomic mass is 10.1. The van der Waals surface area contributed by atoms with Crippen LogP contribution in [0, 0.1) is 5.82 Å². The lowest BCUT2D eigenvalue weighted by Crippen LogP contribution is -2.29. The highest BCUT2D eigenvalue weighted by atomic mass is 19.1. The second kappa shape index (κ2) is 8.59. The zero-order valence-corrected chi connectivity index (χ0v) is 14.3. The van der Waals surface area contributed by atoms with E-state index in [2.05, 4.69) is 10.2 Å². The number of aryl methyl sites for hydroxylation is 1. The van der Waals surface area contributed by atoms with Gasteiger partial charge in [0.1, 0.15) is 5.82 Å². The van der Waals surface area contributed by atoms with Gasteiger partial charge in [-0.3, -0.25) is 9.89 Å². The van der Waals surface area contributed by atoms with E-state index < -0.39 is 0 Å². The van der Waals surface area contributed by atoms with Gasteiger partial charge in [-0.2, -0.15) is 5.10 Å². The molecule has 0 aliphatic carbocycles. The minimum atomic E-state index is -0.274. The summed E-state index contributed by atoms with van der Waals surface area (Å²) >= 11 is 0. The monoisotopic (exact) mass is 332 g/mol. The Morgan fingerprint density at radius 1 is 1.42 bits per heavy atom. The number of hydrogen-bond donors (Lipinski definition) is 2. The van der Waals surface area contributed by atoms with Gasteiger partial charge in [-0.15, -0.1) is 0 Å². The van der Waals surface area contributed by atoms with Crippen molar-refractivity contribution in [3.8, 4) is 11.3 Å². The quantitative estimate of drug-likeness (QED) is 0.780. The zero-order valence-electron chi connectivity index (χ0n) is 14.3. The molecule has 5 nitrogen and oxygen atoms in total. The summed E-state index contributed by atoms with van der Waals surface area (Å²) in [5.74, 6) is -0.152. The molecule has 24 heavy (non-hydrogen) atoms. The van der Waals surface area contributed by atoms with Crippen molar-refractivity contribution in [1.29, 1.82) is 0 Å². The molecule has 1 aromatic carbocycles. The van der Waals surface area contributed by atoms with E-state index in [9.17, 15) is 9.18 Å². The van der Waals surface area contributed by atoms with Crippen molar-refractivity contribution < 1.29 is 9.18 Å². The average Bonchev–Trinajstić information content (AvgIpc) is 3.01. The number of benzene rings is 1. The van der Waals surface area contributed by atoms with Gasteiger partial charge in [0, 0.05) is 37.3 Å². The summed E-state index contributed by atoms with van der Waals surface area (Å²) in [6.45, 7) is 2.59. The maximum absolute atomic E-state index is 13.3. The summed E-state index contributed by atoms with van der Waals surface area (Å²) in [5, 5.41) is 7.20. The van der Waals surface area contributed by atoms with Crippen LogP contribution in [0.5, 0.6) is 0 Å². The van der Waals surface area contributed by atoms with Gasteiger partial charge in [0.2, 0.25) is 5.91 Å². The van der Waals surface area contributed by atoms with Gasteiger partial charge in [0.15, 0.2) is 0 Å². The van der Waals surface area contributed by atoms with E-state index in [4.69, 9.17) is 5.73 Å². The minimum Gasteiger partial charge on any atom is -0.346 e. The lowest BCUT2D eigenvalue weighted by molar-refractivity contribution is -0.130. The van der Waals surface area contributed by atoms with Gasteiger partial charge >= 0.3 is 0 Å². The number of hydrogen-bond acceptors (Lipinski definition) is 3. The van der Waals surface area contributed by atoms with Crippen LogP contribution in [-0.4, -0.2) is 40.6 Å². The summed E-state index contributed by atoms with van der Waals surface area (Å²) in [6, 6.07) is 8.34. The van der Waals surface area contributed by atoms with E-state index in [1.807, 2.05) is 26.1 Å². The van der Waals surface area contributed by atoms with Crippen molar-refractivity contribution in [2.24, 2.45) is 5.73 Å². The first kappa shape index (κ1) is 18.1. The van der Waals surface area contributed by atoms with Crippen molar-refractivity contribution in [1.82, 2.24) is 15.1 Å². The summed E-state index contributed by atoms with van der Waals surface area (Å²) in [4.78, 5) is 13.7. The number of aromatic nitrogens is 2. The molecule has 6 heteroatoms. The second-order valence-corrected chi connectivity index (χ2v) is 6.22. The van der Waals surface area contributed by atoms with Gasteiger partial charge in [0.25, 0.3) is 0 Å². The summed E-state index contributed by atoms with van der Waals surface area (Å²) < 4.78 is 13.3. The fourth-order valence-electron chi connectivity index (χ4n) is 2.46. The number of carbonyl (C=O) groups excluding carboxylic acids is 1. The van der Waals surface area contributed by atoms with Crippen molar-refractivity contribution in [3.63, 3.8) is 0 Å². The van der Waals surface area contributed by atoms with Gasteiger partial charge in [-0.1, -0.05) is 12.1 Å². The van der Waals surface area contributed by atoms with E-state index in [1.165, 1.54) is 12.1 Å². The predicted octanol–water partition coefficient (Wildman–Crippen LogP) is 2.73. The van der Waals surface area contributed by atoms with Crippen LogP contribution in [0.25, 0.3) is 11.3 Å². The third kappa shape index (κ3) is 5.45. The molecule has 0 saturated carbocycles. The molecule has 2 rings (SSSR count). The molecular formula is C18H25FN4O. The standard InChI is InChI=1S/C18H25FN4O/c1-13(20)8-9-18(24)23(2)10-4-7-16-12-17(22-21-16)14-5-3-6-15(19)11-14/h3,5-6,11-13H,4,7-10,20H2,1-2H3,(H,21,22). The third-order valence-corrected chi connectivity index (χ3v) is 3.93. The van der Waals surface area contributed by atoms with Crippen molar-refractivity contribution >= 4 is 5.91 Å². The van der Waals surface area contributed by atoms with Gasteiger partial charge in [-0.05, 0) is 44.4 Å². The Labute approximate surface area is 142 Å². The Bertz CT molecular complexity index is 669. The van der Waals surface area contributed by atoms with Crippen LogP contribution in [-0.2, 0) is 11.2 Å². The predicted molar refractivity (Wildman–Crippen MR) is 92.8 cm³/mol. The Morgan fingerprint density at radius 3 is 2.92 bits per heavy atom. The van der Waals surface area contributed by atoms with Crippen molar-refractivity contribution in [2.45, 2.75) is 38.6 Å². The summed E-state index contributed by atoms with van der Waals surface area (Å²) in [6.07, 6.45) is 2.82. The molecule has 0 radical (unpaired) electrons. The van der Waals surface area contributed by atoms with Gasteiger partial charge < -0.3 is 10.6 Å². The summed E-state index contributed by atoms with van der Waals surface area (Å²) in [5.41, 5.74) is 8.13. The fourth-order valence-corrected chi connectivity index (χ4v) is 2.46. The van der Waals surface area contributed by atoms with E-state index in [0.717, 1.165) is 29.8 Å². The maximum atomic E-state index is 13.3. The highest BCUT2D eigenvalue weighted by Gasteiger charge is 2.10. The molecule has 0 aliphatic heterocycles. The molecule has 0 spiro atoms. The van der Waals surface area contributed by atoms with E-state index in [0.29, 0.717) is 19.4 Å². The summed E-state index contributed by atoms with van der Waals surface area (Å²) in [7, 11) is 1.81. The molecule has 0 bridgehead atoms. The van der Waals surface area contributed by atoms with Gasteiger partial charge in [0.05, 0.1) is 5.69 Å². The first-order valence-corrected chi connectivity index (χ1v) is 8.25. The highest BCUT2D eigenvalue weighted by Crippen LogP contribution is 2.19. The van der Waals surface area contributed by atoms with E-state index in [-0.39, 0.29) is 17.8 Å². The molecule has 2 aromatic rings. The van der Waals surface area contributed by atoms with Crippen LogP contribution in [0.3, 0.4) is 0 Å². The molecular weight excluding hydrogens is 307 g/mol. The Hall–Kier alpha value is -2.21. The SMILES string of the molecule is CC(N)CCC(=O)N(C)CCCc1cc(-c2cccc(F)c2)n[nH]1. The fraction of sp³-hybridized carbons (Fsp3) is 0.444. The number of halogens is 1. The van der Waals surface area contributed by atoms with Crippen LogP contribution in [0.2, 0.25) is 0 Å². The Balaban J connectivity index is 1.80. The van der Waals surface area contributed by atoms with Crippen LogP contribution >= 0.6 is 0 Å². The molecule has 0 saturated heterocycles. The lowest BCUT2D eigenvalue weighted by Gasteiger charge is -2.17.